The molecule has 18 heavy (non-hydrogen) atoms. The van der Waals surface area contributed by atoms with Gasteiger partial charge in [0, 0.05) is 31.6 Å². The number of nitrogens with zero attached hydrogens (tertiary/aromatic N) is 1. The summed E-state index contributed by atoms with van der Waals surface area (Å²) in [7, 11) is 0. The zero-order chi connectivity index (χ0) is 13.0. The van der Waals surface area contributed by atoms with Crippen LogP contribution in [0.4, 0.5) is 0 Å². The maximum atomic E-state index is 6.15. The Morgan fingerprint density at radius 2 is 2.33 bits per heavy atom. The molecule has 0 amide bonds. The number of nitrogens with two attached hydrogens (primary N) is 1. The molecule has 0 aromatic carbocycles. The summed E-state index contributed by atoms with van der Waals surface area (Å²) in [6.45, 7) is 6.37. The molecule has 2 rings (SSSR count). The summed E-state index contributed by atoms with van der Waals surface area (Å²) in [5.74, 6) is 0.493. The van der Waals surface area contributed by atoms with Crippen LogP contribution in [0.25, 0.3) is 0 Å². The highest BCUT2D eigenvalue weighted by Gasteiger charge is 2.15. The van der Waals surface area contributed by atoms with Gasteiger partial charge in [-0.1, -0.05) is 13.8 Å². The lowest BCUT2D eigenvalue weighted by molar-refractivity contribution is 0.101. The summed E-state index contributed by atoms with van der Waals surface area (Å²) in [5.41, 5.74) is 7.40. The van der Waals surface area contributed by atoms with Crippen LogP contribution in [0, 0.1) is 5.92 Å². The van der Waals surface area contributed by atoms with E-state index in [1.54, 1.807) is 0 Å². The molecule has 0 aliphatic carbocycles. The summed E-state index contributed by atoms with van der Waals surface area (Å²) in [6, 6.07) is 2.31. The molecule has 3 nitrogen and oxygen atoms in total. The van der Waals surface area contributed by atoms with Crippen LogP contribution in [0.5, 0.6) is 0 Å². The molecular weight excluding hydrogens is 224 g/mol. The van der Waals surface area contributed by atoms with E-state index in [9.17, 15) is 0 Å². The van der Waals surface area contributed by atoms with Crippen molar-refractivity contribution in [3.63, 3.8) is 0 Å². The minimum atomic E-state index is 0.157. The summed E-state index contributed by atoms with van der Waals surface area (Å²) in [6.07, 6.45) is 9.71. The predicted octanol–water partition coefficient (Wildman–Crippen LogP) is 3.10. The average Bonchev–Trinajstić information content (AvgIpc) is 2.99. The fraction of sp³-hybridized carbons (Fsp3) is 0.733. The molecule has 0 spiro atoms. The number of hydrogen-bond donors (Lipinski definition) is 1. The first-order chi connectivity index (χ1) is 8.66. The van der Waals surface area contributed by atoms with Gasteiger partial charge >= 0.3 is 0 Å². The molecule has 1 aromatic rings. The first kappa shape index (κ1) is 13.6. The van der Waals surface area contributed by atoms with Crippen molar-refractivity contribution < 1.29 is 4.74 Å². The molecule has 0 radical (unpaired) electrons. The lowest BCUT2D eigenvalue weighted by Crippen LogP contribution is -2.16. The highest BCUT2D eigenvalue weighted by molar-refractivity contribution is 5.15. The molecule has 1 aromatic heterocycles. The smallest absolute Gasteiger partial charge is 0.0576 e. The molecule has 3 heteroatoms. The van der Waals surface area contributed by atoms with E-state index in [1.165, 1.54) is 31.2 Å². The molecule has 2 unspecified atom stereocenters. The molecule has 0 saturated carbocycles. The van der Waals surface area contributed by atoms with Crippen molar-refractivity contribution in [3.8, 4) is 0 Å². The molecule has 2 N–H and O–H groups in total. The number of rotatable bonds is 6. The predicted molar refractivity (Wildman–Crippen MR) is 74.4 cm³/mol. The van der Waals surface area contributed by atoms with E-state index < -0.39 is 0 Å². The molecule has 2 heterocycles. The summed E-state index contributed by atoms with van der Waals surface area (Å²) >= 11 is 0. The topological polar surface area (TPSA) is 40.2 Å². The van der Waals surface area contributed by atoms with Crippen LogP contribution < -0.4 is 5.73 Å². The van der Waals surface area contributed by atoms with Crippen LogP contribution in [0.1, 0.15) is 51.1 Å². The van der Waals surface area contributed by atoms with Crippen molar-refractivity contribution in [1.29, 1.82) is 0 Å². The van der Waals surface area contributed by atoms with Gasteiger partial charge in [-0.2, -0.15) is 0 Å². The molecule has 1 fully saturated rings. The second-order valence-electron chi connectivity index (χ2n) is 5.73. The zero-order valence-electron chi connectivity index (χ0n) is 11.6. The van der Waals surface area contributed by atoms with Crippen LogP contribution in [-0.4, -0.2) is 17.3 Å². The Morgan fingerprint density at radius 3 is 3.00 bits per heavy atom. The largest absolute Gasteiger partial charge is 0.378 e. The van der Waals surface area contributed by atoms with Crippen LogP contribution in [0.2, 0.25) is 0 Å². The van der Waals surface area contributed by atoms with Crippen molar-refractivity contribution in [2.45, 2.75) is 58.2 Å². The minimum absolute atomic E-state index is 0.157. The van der Waals surface area contributed by atoms with Gasteiger partial charge in [-0.25, -0.2) is 0 Å². The molecule has 102 valence electrons. The van der Waals surface area contributed by atoms with Gasteiger partial charge in [-0.3, -0.25) is 0 Å². The SMILES string of the molecule is CC(C)C(N)c1ccn(CCCC2CCCO2)c1. The highest BCUT2D eigenvalue weighted by Crippen LogP contribution is 2.20. The van der Waals surface area contributed by atoms with Crippen LogP contribution in [0.15, 0.2) is 18.5 Å². The molecule has 1 aliphatic heterocycles. The fourth-order valence-corrected chi connectivity index (χ4v) is 2.55. The average molecular weight is 250 g/mol. The van der Waals surface area contributed by atoms with Gasteiger partial charge in [0.25, 0.3) is 0 Å². The lowest BCUT2D eigenvalue weighted by Gasteiger charge is -2.13. The van der Waals surface area contributed by atoms with Crippen molar-refractivity contribution in [1.82, 2.24) is 4.57 Å². The van der Waals surface area contributed by atoms with Crippen LogP contribution >= 0.6 is 0 Å². The fourth-order valence-electron chi connectivity index (χ4n) is 2.55. The summed E-state index contributed by atoms with van der Waals surface area (Å²) < 4.78 is 7.89. The Morgan fingerprint density at radius 1 is 1.50 bits per heavy atom. The Balaban J connectivity index is 1.76. The van der Waals surface area contributed by atoms with Gasteiger partial charge in [-0.15, -0.1) is 0 Å². The first-order valence-electron chi connectivity index (χ1n) is 7.19. The van der Waals surface area contributed by atoms with E-state index in [4.69, 9.17) is 10.5 Å². The van der Waals surface area contributed by atoms with Crippen molar-refractivity contribution >= 4 is 0 Å². The molecular formula is C15H26N2O. The van der Waals surface area contributed by atoms with E-state index in [1.807, 2.05) is 0 Å². The second-order valence-corrected chi connectivity index (χ2v) is 5.73. The van der Waals surface area contributed by atoms with Gasteiger partial charge in [0.15, 0.2) is 0 Å². The normalized spacial score (nSPS) is 21.7. The Hall–Kier alpha value is -0.800. The minimum Gasteiger partial charge on any atom is -0.378 e. The van der Waals surface area contributed by atoms with E-state index in [-0.39, 0.29) is 6.04 Å². The standard InChI is InChI=1S/C15H26N2O/c1-12(2)15(16)13-7-9-17(11-13)8-3-5-14-6-4-10-18-14/h7,9,11-12,14-15H,3-6,8,10,16H2,1-2H3. The van der Waals surface area contributed by atoms with Gasteiger partial charge in [0.2, 0.25) is 0 Å². The number of aromatic nitrogens is 1. The maximum absolute atomic E-state index is 6.15. The van der Waals surface area contributed by atoms with Crippen molar-refractivity contribution in [2.24, 2.45) is 11.7 Å². The summed E-state index contributed by atoms with van der Waals surface area (Å²) in [5, 5.41) is 0. The van der Waals surface area contributed by atoms with E-state index in [0.717, 1.165) is 13.2 Å². The van der Waals surface area contributed by atoms with Gasteiger partial charge in [0.05, 0.1) is 6.10 Å². The third-order valence-electron chi connectivity index (χ3n) is 3.84. The third kappa shape index (κ3) is 3.59. The number of hydrogen-bond acceptors (Lipinski definition) is 2. The number of aryl methyl sites for hydroxylation is 1. The Kier molecular flexibility index (Phi) is 4.84. The molecule has 2 atom stereocenters. The van der Waals surface area contributed by atoms with Crippen LogP contribution in [-0.2, 0) is 11.3 Å². The highest BCUT2D eigenvalue weighted by atomic mass is 16.5. The Labute approximate surface area is 110 Å². The van der Waals surface area contributed by atoms with E-state index >= 15 is 0 Å². The second kappa shape index (κ2) is 6.39. The van der Waals surface area contributed by atoms with E-state index in [2.05, 4.69) is 36.9 Å². The first-order valence-corrected chi connectivity index (χ1v) is 7.19. The van der Waals surface area contributed by atoms with E-state index in [0.29, 0.717) is 12.0 Å². The molecule has 1 aliphatic rings. The van der Waals surface area contributed by atoms with Gasteiger partial charge in [0.1, 0.15) is 0 Å². The van der Waals surface area contributed by atoms with Gasteiger partial charge < -0.3 is 15.0 Å². The molecule has 1 saturated heterocycles. The van der Waals surface area contributed by atoms with Crippen LogP contribution in [0.3, 0.4) is 0 Å². The third-order valence-corrected chi connectivity index (χ3v) is 3.84. The zero-order valence-corrected chi connectivity index (χ0v) is 11.6. The quantitative estimate of drug-likeness (QED) is 0.842. The Bertz CT molecular complexity index is 353. The summed E-state index contributed by atoms with van der Waals surface area (Å²) in [4.78, 5) is 0. The monoisotopic (exact) mass is 250 g/mol. The molecule has 0 bridgehead atoms. The van der Waals surface area contributed by atoms with Crippen molar-refractivity contribution in [3.05, 3.63) is 24.0 Å². The lowest BCUT2D eigenvalue weighted by atomic mass is 10.00. The maximum Gasteiger partial charge on any atom is 0.0576 e. The number of ether oxygens (including phenoxy) is 1. The van der Waals surface area contributed by atoms with Crippen molar-refractivity contribution in [2.75, 3.05) is 6.61 Å². The van der Waals surface area contributed by atoms with Gasteiger partial charge in [-0.05, 0) is 43.2 Å².